The van der Waals surface area contributed by atoms with Gasteiger partial charge in [-0.2, -0.15) is 0 Å². The van der Waals surface area contributed by atoms with Crippen molar-refractivity contribution in [1.29, 1.82) is 0 Å². The molecular weight excluding hydrogens is 390 g/mol. The molecule has 0 atom stereocenters. The number of ether oxygens (including phenoxy) is 1. The van der Waals surface area contributed by atoms with Gasteiger partial charge in [-0.1, -0.05) is 29.8 Å². The molecule has 28 heavy (non-hydrogen) atoms. The zero-order chi connectivity index (χ0) is 20.7. The number of benzene rings is 2. The Morgan fingerprint density at radius 3 is 2.57 bits per heavy atom. The Balaban J connectivity index is 1.86. The van der Waals surface area contributed by atoms with Crippen LogP contribution in [0, 0.1) is 10.1 Å². The van der Waals surface area contributed by atoms with E-state index in [4.69, 9.17) is 16.3 Å². The van der Waals surface area contributed by atoms with Gasteiger partial charge in [-0.05, 0) is 18.2 Å². The van der Waals surface area contributed by atoms with Crippen molar-refractivity contribution in [2.45, 2.75) is 0 Å². The highest BCUT2D eigenvalue weighted by molar-refractivity contribution is 6.33. The van der Waals surface area contributed by atoms with Crippen LogP contribution in [0.3, 0.4) is 0 Å². The number of non-ortho nitro benzene ring substituents is 1. The van der Waals surface area contributed by atoms with Crippen LogP contribution in [-0.4, -0.2) is 47.8 Å². The maximum Gasteiger partial charge on any atom is 0.338 e. The number of hydrogen-bond acceptors (Lipinski definition) is 6. The van der Waals surface area contributed by atoms with E-state index < -0.39 is 29.3 Å². The fraction of sp³-hybridized carbons (Fsp3) is 0.167. The number of carbonyl (C=O) groups is 3. The van der Waals surface area contributed by atoms with Crippen molar-refractivity contribution in [3.63, 3.8) is 0 Å². The first kappa shape index (κ1) is 20.8. The number of nitro groups is 1. The van der Waals surface area contributed by atoms with Gasteiger partial charge < -0.3 is 15.0 Å². The summed E-state index contributed by atoms with van der Waals surface area (Å²) in [6.45, 7) is -0.893. The SMILES string of the molecule is CN(CC(=O)Nc1ccccc1Cl)C(=O)COC(=O)c1cccc([N+](=O)[O-])c1. The van der Waals surface area contributed by atoms with Crippen molar-refractivity contribution in [3.05, 3.63) is 69.2 Å². The third-order valence-corrected chi connectivity index (χ3v) is 3.90. The predicted octanol–water partition coefficient (Wildman–Crippen LogP) is 2.50. The van der Waals surface area contributed by atoms with E-state index in [-0.39, 0.29) is 17.8 Å². The van der Waals surface area contributed by atoms with Crippen LogP contribution in [0.2, 0.25) is 5.02 Å². The Bertz CT molecular complexity index is 918. The lowest BCUT2D eigenvalue weighted by atomic mass is 10.2. The maximum absolute atomic E-state index is 12.0. The minimum absolute atomic E-state index is 0.0545. The summed E-state index contributed by atoms with van der Waals surface area (Å²) in [6, 6.07) is 11.6. The van der Waals surface area contributed by atoms with E-state index in [1.807, 2.05) is 0 Å². The van der Waals surface area contributed by atoms with Gasteiger partial charge in [-0.3, -0.25) is 19.7 Å². The molecule has 0 fully saturated rings. The summed E-state index contributed by atoms with van der Waals surface area (Å²) in [5, 5.41) is 13.7. The Hall–Kier alpha value is -3.46. The normalized spacial score (nSPS) is 10.1. The number of halogens is 1. The number of likely N-dealkylation sites (N-methyl/N-ethyl adjacent to an activating group) is 1. The van der Waals surface area contributed by atoms with Crippen LogP contribution < -0.4 is 5.32 Å². The van der Waals surface area contributed by atoms with Gasteiger partial charge in [-0.15, -0.1) is 0 Å². The molecule has 2 rings (SSSR count). The quantitative estimate of drug-likeness (QED) is 0.429. The van der Waals surface area contributed by atoms with Crippen LogP contribution in [0.1, 0.15) is 10.4 Å². The molecule has 0 radical (unpaired) electrons. The Kier molecular flexibility index (Phi) is 7.05. The van der Waals surface area contributed by atoms with Gasteiger partial charge in [-0.25, -0.2) is 4.79 Å². The Morgan fingerprint density at radius 2 is 1.89 bits per heavy atom. The molecule has 0 aliphatic carbocycles. The van der Waals surface area contributed by atoms with Crippen LogP contribution in [0.15, 0.2) is 48.5 Å². The van der Waals surface area contributed by atoms with Crippen molar-refractivity contribution in [2.24, 2.45) is 0 Å². The molecule has 0 aromatic heterocycles. The van der Waals surface area contributed by atoms with Crippen molar-refractivity contribution in [2.75, 3.05) is 25.5 Å². The molecule has 0 bridgehead atoms. The molecular formula is C18H16ClN3O6. The second-order valence-electron chi connectivity index (χ2n) is 5.66. The lowest BCUT2D eigenvalue weighted by Crippen LogP contribution is -2.37. The third kappa shape index (κ3) is 5.78. The largest absolute Gasteiger partial charge is 0.452 e. The fourth-order valence-corrected chi connectivity index (χ4v) is 2.31. The van der Waals surface area contributed by atoms with Gasteiger partial charge in [0, 0.05) is 19.2 Å². The van der Waals surface area contributed by atoms with E-state index in [9.17, 15) is 24.5 Å². The van der Waals surface area contributed by atoms with E-state index in [1.165, 1.54) is 25.2 Å². The number of nitrogens with zero attached hydrogens (tertiary/aromatic N) is 2. The summed E-state index contributed by atoms with van der Waals surface area (Å²) < 4.78 is 4.86. The number of rotatable bonds is 7. The van der Waals surface area contributed by atoms with E-state index in [0.717, 1.165) is 11.0 Å². The van der Waals surface area contributed by atoms with Crippen molar-refractivity contribution in [3.8, 4) is 0 Å². The smallest absolute Gasteiger partial charge is 0.338 e. The standard InChI is InChI=1S/C18H16ClN3O6/c1-21(10-16(23)20-15-8-3-2-7-14(15)19)17(24)11-28-18(25)12-5-4-6-13(9-12)22(26)27/h2-9H,10-11H2,1H3,(H,20,23). The zero-order valence-corrected chi connectivity index (χ0v) is 15.5. The Labute approximate surface area is 165 Å². The lowest BCUT2D eigenvalue weighted by molar-refractivity contribution is -0.384. The van der Waals surface area contributed by atoms with Gasteiger partial charge in [0.15, 0.2) is 6.61 Å². The van der Waals surface area contributed by atoms with E-state index >= 15 is 0 Å². The zero-order valence-electron chi connectivity index (χ0n) is 14.8. The first-order chi connectivity index (χ1) is 13.3. The Morgan fingerprint density at radius 1 is 1.18 bits per heavy atom. The summed E-state index contributed by atoms with van der Waals surface area (Å²) in [6.07, 6.45) is 0. The molecule has 0 saturated heterocycles. The second-order valence-corrected chi connectivity index (χ2v) is 6.07. The van der Waals surface area contributed by atoms with E-state index in [2.05, 4.69) is 5.32 Å². The molecule has 10 heteroatoms. The molecule has 0 heterocycles. The maximum atomic E-state index is 12.0. The number of para-hydroxylation sites is 1. The van der Waals surface area contributed by atoms with Gasteiger partial charge in [0.2, 0.25) is 5.91 Å². The average Bonchev–Trinajstić information content (AvgIpc) is 2.67. The second kappa shape index (κ2) is 9.47. The first-order valence-electron chi connectivity index (χ1n) is 7.98. The first-order valence-corrected chi connectivity index (χ1v) is 8.35. The van der Waals surface area contributed by atoms with Gasteiger partial charge in [0.1, 0.15) is 0 Å². The molecule has 9 nitrogen and oxygen atoms in total. The highest BCUT2D eigenvalue weighted by Crippen LogP contribution is 2.20. The van der Waals surface area contributed by atoms with Crippen LogP contribution in [0.25, 0.3) is 0 Å². The number of anilines is 1. The number of carbonyl (C=O) groups excluding carboxylic acids is 3. The molecule has 2 aromatic rings. The summed E-state index contributed by atoms with van der Waals surface area (Å²) in [5.74, 6) is -1.98. The highest BCUT2D eigenvalue weighted by atomic mass is 35.5. The molecule has 0 aliphatic rings. The van der Waals surface area contributed by atoms with Crippen LogP contribution in [-0.2, 0) is 14.3 Å². The monoisotopic (exact) mass is 405 g/mol. The minimum Gasteiger partial charge on any atom is -0.452 e. The van der Waals surface area contributed by atoms with Crippen molar-refractivity contribution in [1.82, 2.24) is 4.90 Å². The third-order valence-electron chi connectivity index (χ3n) is 3.57. The van der Waals surface area contributed by atoms with Crippen LogP contribution >= 0.6 is 11.6 Å². The number of hydrogen-bond donors (Lipinski definition) is 1. The minimum atomic E-state index is -0.883. The summed E-state index contributed by atoms with van der Waals surface area (Å²) in [7, 11) is 1.37. The predicted molar refractivity (Wildman–Crippen MR) is 101 cm³/mol. The molecule has 0 unspecified atom stereocenters. The lowest BCUT2D eigenvalue weighted by Gasteiger charge is -2.17. The summed E-state index contributed by atoms with van der Waals surface area (Å²) >= 11 is 5.95. The van der Waals surface area contributed by atoms with Gasteiger partial charge in [0.05, 0.1) is 27.7 Å². The van der Waals surface area contributed by atoms with Crippen LogP contribution in [0.4, 0.5) is 11.4 Å². The molecule has 0 aliphatic heterocycles. The molecule has 2 aromatic carbocycles. The van der Waals surface area contributed by atoms with Gasteiger partial charge in [0.25, 0.3) is 11.6 Å². The number of amides is 2. The van der Waals surface area contributed by atoms with Gasteiger partial charge >= 0.3 is 5.97 Å². The molecule has 1 N–H and O–H groups in total. The molecule has 0 saturated carbocycles. The average molecular weight is 406 g/mol. The summed E-state index contributed by atoms with van der Waals surface area (Å²) in [4.78, 5) is 47.1. The topological polar surface area (TPSA) is 119 Å². The van der Waals surface area contributed by atoms with Crippen LogP contribution in [0.5, 0.6) is 0 Å². The van der Waals surface area contributed by atoms with E-state index in [0.29, 0.717) is 10.7 Å². The highest BCUT2D eigenvalue weighted by Gasteiger charge is 2.18. The molecule has 0 spiro atoms. The number of esters is 1. The summed E-state index contributed by atoms with van der Waals surface area (Å²) in [5.41, 5.74) is 0.0855. The number of nitrogens with one attached hydrogen (secondary N) is 1. The molecule has 2 amide bonds. The van der Waals surface area contributed by atoms with E-state index in [1.54, 1.807) is 24.3 Å². The molecule has 146 valence electrons. The fourth-order valence-electron chi connectivity index (χ4n) is 2.12. The van der Waals surface area contributed by atoms with Crippen molar-refractivity contribution < 1.29 is 24.0 Å². The van der Waals surface area contributed by atoms with Crippen molar-refractivity contribution >= 4 is 40.8 Å². The number of nitro benzene ring substituents is 1.